The van der Waals surface area contributed by atoms with Crippen LogP contribution in [0.1, 0.15) is 31.9 Å². The molecule has 0 radical (unpaired) electrons. The number of rotatable bonds is 3. The van der Waals surface area contributed by atoms with Gasteiger partial charge in [-0.15, -0.1) is 12.4 Å². The molecular formula is C12H19ClN2O2. The second-order valence-electron chi connectivity index (χ2n) is 4.48. The highest BCUT2D eigenvalue weighted by Crippen LogP contribution is 2.18. The average Bonchev–Trinajstić information content (AvgIpc) is 2.79. The molecule has 1 saturated heterocycles. The maximum atomic E-state index is 12.0. The predicted molar refractivity (Wildman–Crippen MR) is 68.1 cm³/mol. The highest BCUT2D eigenvalue weighted by atomic mass is 35.5. The van der Waals surface area contributed by atoms with Gasteiger partial charge < -0.3 is 15.1 Å². The molecule has 1 fully saturated rings. The van der Waals surface area contributed by atoms with Crippen LogP contribution in [-0.4, -0.2) is 18.0 Å². The van der Waals surface area contributed by atoms with Crippen molar-refractivity contribution in [3.05, 3.63) is 24.2 Å². The summed E-state index contributed by atoms with van der Waals surface area (Å²) in [6.07, 6.45) is 4.78. The van der Waals surface area contributed by atoms with E-state index >= 15 is 0 Å². The minimum Gasteiger partial charge on any atom is -0.467 e. The normalized spacial score (nSPS) is 23.8. The molecule has 0 aromatic carbocycles. The zero-order valence-electron chi connectivity index (χ0n) is 9.99. The minimum absolute atomic E-state index is 0. The van der Waals surface area contributed by atoms with Crippen LogP contribution in [0.2, 0.25) is 0 Å². The van der Waals surface area contributed by atoms with Crippen LogP contribution in [-0.2, 0) is 11.3 Å². The van der Waals surface area contributed by atoms with Gasteiger partial charge >= 0.3 is 0 Å². The molecular weight excluding hydrogens is 240 g/mol. The number of carbonyl (C=O) groups excluding carboxylic acids is 1. The Morgan fingerprint density at radius 1 is 1.59 bits per heavy atom. The summed E-state index contributed by atoms with van der Waals surface area (Å²) in [6.45, 7) is 3.34. The van der Waals surface area contributed by atoms with E-state index < -0.39 is 5.54 Å². The van der Waals surface area contributed by atoms with Gasteiger partial charge in [-0.1, -0.05) is 0 Å². The number of furan rings is 1. The van der Waals surface area contributed by atoms with Crippen LogP contribution in [0.5, 0.6) is 0 Å². The number of amides is 1. The molecule has 17 heavy (non-hydrogen) atoms. The van der Waals surface area contributed by atoms with Gasteiger partial charge in [0.1, 0.15) is 5.76 Å². The Hall–Kier alpha value is -1.00. The van der Waals surface area contributed by atoms with E-state index in [9.17, 15) is 4.79 Å². The summed E-state index contributed by atoms with van der Waals surface area (Å²) in [5.41, 5.74) is -0.412. The van der Waals surface area contributed by atoms with E-state index in [2.05, 4.69) is 10.6 Å². The Morgan fingerprint density at radius 3 is 3.00 bits per heavy atom. The van der Waals surface area contributed by atoms with E-state index in [4.69, 9.17) is 4.42 Å². The molecule has 1 amide bonds. The monoisotopic (exact) mass is 258 g/mol. The molecule has 1 atom stereocenters. The largest absolute Gasteiger partial charge is 0.467 e. The van der Waals surface area contributed by atoms with E-state index in [0.29, 0.717) is 6.54 Å². The fraction of sp³-hybridized carbons (Fsp3) is 0.583. The van der Waals surface area contributed by atoms with Crippen molar-refractivity contribution in [1.29, 1.82) is 0 Å². The predicted octanol–water partition coefficient (Wildman–Crippen LogP) is 1.85. The molecule has 5 heteroatoms. The van der Waals surface area contributed by atoms with Crippen LogP contribution < -0.4 is 10.6 Å². The first-order valence-electron chi connectivity index (χ1n) is 5.76. The van der Waals surface area contributed by atoms with Gasteiger partial charge in [0.05, 0.1) is 18.3 Å². The number of piperidine rings is 1. The van der Waals surface area contributed by atoms with Crippen molar-refractivity contribution in [2.45, 2.75) is 38.3 Å². The van der Waals surface area contributed by atoms with Crippen LogP contribution in [0.4, 0.5) is 0 Å². The fourth-order valence-corrected chi connectivity index (χ4v) is 2.03. The van der Waals surface area contributed by atoms with Gasteiger partial charge in [-0.2, -0.15) is 0 Å². The van der Waals surface area contributed by atoms with Crippen LogP contribution in [0.25, 0.3) is 0 Å². The van der Waals surface area contributed by atoms with Crippen molar-refractivity contribution < 1.29 is 9.21 Å². The lowest BCUT2D eigenvalue weighted by Gasteiger charge is -2.33. The third-order valence-electron chi connectivity index (χ3n) is 3.12. The second kappa shape index (κ2) is 6.07. The first-order valence-corrected chi connectivity index (χ1v) is 5.76. The van der Waals surface area contributed by atoms with Crippen molar-refractivity contribution >= 4 is 18.3 Å². The van der Waals surface area contributed by atoms with Gasteiger partial charge in [0, 0.05) is 0 Å². The topological polar surface area (TPSA) is 54.3 Å². The third-order valence-corrected chi connectivity index (χ3v) is 3.12. The van der Waals surface area contributed by atoms with Gasteiger partial charge in [-0.3, -0.25) is 4.79 Å². The number of nitrogens with one attached hydrogen (secondary N) is 2. The van der Waals surface area contributed by atoms with E-state index in [1.807, 2.05) is 19.1 Å². The van der Waals surface area contributed by atoms with E-state index in [-0.39, 0.29) is 18.3 Å². The van der Waals surface area contributed by atoms with Crippen LogP contribution in [0.3, 0.4) is 0 Å². The Balaban J connectivity index is 0.00000144. The zero-order chi connectivity index (χ0) is 11.4. The van der Waals surface area contributed by atoms with Gasteiger partial charge in [-0.05, 0) is 44.9 Å². The molecule has 0 spiro atoms. The fourth-order valence-electron chi connectivity index (χ4n) is 2.03. The van der Waals surface area contributed by atoms with Gasteiger partial charge in [-0.25, -0.2) is 0 Å². The molecule has 1 aliphatic heterocycles. The molecule has 2 heterocycles. The molecule has 2 rings (SSSR count). The van der Waals surface area contributed by atoms with Gasteiger partial charge in [0.2, 0.25) is 5.91 Å². The smallest absolute Gasteiger partial charge is 0.240 e. The van der Waals surface area contributed by atoms with Crippen molar-refractivity contribution in [3.63, 3.8) is 0 Å². The lowest BCUT2D eigenvalue weighted by Crippen LogP contribution is -2.56. The molecule has 2 N–H and O–H groups in total. The standard InChI is InChI=1S/C12H18N2O2.ClH/c1-12(6-2-3-7-14-12)11(15)13-9-10-5-4-8-16-10;/h4-5,8,14H,2-3,6-7,9H2,1H3,(H,13,15);1H. The number of hydrogen-bond donors (Lipinski definition) is 2. The number of carbonyl (C=O) groups is 1. The van der Waals surface area contributed by atoms with Crippen LogP contribution in [0.15, 0.2) is 22.8 Å². The molecule has 0 bridgehead atoms. The lowest BCUT2D eigenvalue weighted by molar-refractivity contribution is -0.128. The van der Waals surface area contributed by atoms with E-state index in [1.165, 1.54) is 0 Å². The lowest BCUT2D eigenvalue weighted by atomic mass is 9.90. The Morgan fingerprint density at radius 2 is 2.41 bits per heavy atom. The summed E-state index contributed by atoms with van der Waals surface area (Å²) in [5.74, 6) is 0.844. The van der Waals surface area contributed by atoms with Crippen molar-refractivity contribution in [2.24, 2.45) is 0 Å². The quantitative estimate of drug-likeness (QED) is 0.870. The van der Waals surface area contributed by atoms with E-state index in [1.54, 1.807) is 6.26 Å². The molecule has 1 aromatic heterocycles. The minimum atomic E-state index is -0.412. The maximum Gasteiger partial charge on any atom is 0.240 e. The first-order chi connectivity index (χ1) is 7.71. The van der Waals surface area contributed by atoms with Gasteiger partial charge in [0.15, 0.2) is 0 Å². The van der Waals surface area contributed by atoms with Crippen LogP contribution in [0, 0.1) is 0 Å². The summed E-state index contributed by atoms with van der Waals surface area (Å²) >= 11 is 0. The molecule has 1 unspecified atom stereocenters. The SMILES string of the molecule is CC1(C(=O)NCc2ccco2)CCCCN1.Cl. The number of hydrogen-bond acceptors (Lipinski definition) is 3. The summed E-state index contributed by atoms with van der Waals surface area (Å²) in [7, 11) is 0. The molecule has 0 saturated carbocycles. The summed E-state index contributed by atoms with van der Waals surface area (Å²) in [6, 6.07) is 3.68. The maximum absolute atomic E-state index is 12.0. The molecule has 1 aliphatic rings. The molecule has 96 valence electrons. The number of halogens is 1. The summed E-state index contributed by atoms with van der Waals surface area (Å²) < 4.78 is 5.17. The van der Waals surface area contributed by atoms with Crippen molar-refractivity contribution in [2.75, 3.05) is 6.54 Å². The third kappa shape index (κ3) is 3.48. The van der Waals surface area contributed by atoms with Gasteiger partial charge in [0.25, 0.3) is 0 Å². The second-order valence-corrected chi connectivity index (χ2v) is 4.48. The average molecular weight is 259 g/mol. The zero-order valence-corrected chi connectivity index (χ0v) is 10.8. The Bertz CT molecular complexity index is 345. The molecule has 1 aromatic rings. The van der Waals surface area contributed by atoms with Crippen molar-refractivity contribution in [1.82, 2.24) is 10.6 Å². The molecule has 4 nitrogen and oxygen atoms in total. The molecule has 0 aliphatic carbocycles. The van der Waals surface area contributed by atoms with Crippen molar-refractivity contribution in [3.8, 4) is 0 Å². The Labute approximate surface area is 108 Å². The summed E-state index contributed by atoms with van der Waals surface area (Å²) in [5, 5.41) is 6.18. The van der Waals surface area contributed by atoms with E-state index in [0.717, 1.165) is 31.6 Å². The Kier molecular flexibility index (Phi) is 5.02. The van der Waals surface area contributed by atoms with Crippen LogP contribution >= 0.6 is 12.4 Å². The first kappa shape index (κ1) is 14.1. The highest BCUT2D eigenvalue weighted by molar-refractivity contribution is 5.86. The highest BCUT2D eigenvalue weighted by Gasteiger charge is 2.33. The summed E-state index contributed by atoms with van der Waals surface area (Å²) in [4.78, 5) is 12.0.